The Labute approximate surface area is 192 Å². The van der Waals surface area contributed by atoms with Gasteiger partial charge < -0.3 is 0 Å². The van der Waals surface area contributed by atoms with E-state index in [-0.39, 0.29) is 16.2 Å². The number of hydrogen-bond donors (Lipinski definition) is 1. The van der Waals surface area contributed by atoms with Gasteiger partial charge >= 0.3 is 0 Å². The largest absolute Gasteiger partial charge is 0.289 e. The molecule has 0 bridgehead atoms. The molecule has 5 nitrogen and oxygen atoms in total. The minimum atomic E-state index is -4.17. The molecule has 0 aliphatic rings. The zero-order valence-corrected chi connectivity index (χ0v) is 18.7. The highest BCUT2D eigenvalue weighted by Crippen LogP contribution is 2.29. The van der Waals surface area contributed by atoms with Crippen LogP contribution in [0.15, 0.2) is 108 Å². The summed E-state index contributed by atoms with van der Waals surface area (Å²) in [5, 5.41) is 0. The van der Waals surface area contributed by atoms with Crippen molar-refractivity contribution >= 4 is 21.7 Å². The topological polar surface area (TPSA) is 80.3 Å². The van der Waals surface area contributed by atoms with E-state index in [0.717, 1.165) is 11.1 Å². The summed E-state index contributed by atoms with van der Waals surface area (Å²) in [6.45, 7) is 1.90. The normalized spacial score (nSPS) is 11.1. The van der Waals surface area contributed by atoms with Gasteiger partial charge in [-0.05, 0) is 36.2 Å². The van der Waals surface area contributed by atoms with Crippen LogP contribution < -0.4 is 4.72 Å². The molecule has 0 aromatic heterocycles. The summed E-state index contributed by atoms with van der Waals surface area (Å²) in [4.78, 5) is 25.6. The van der Waals surface area contributed by atoms with Gasteiger partial charge in [0.25, 0.3) is 15.9 Å². The second kappa shape index (κ2) is 9.22. The van der Waals surface area contributed by atoms with Crippen LogP contribution in [0.25, 0.3) is 11.1 Å². The van der Waals surface area contributed by atoms with Gasteiger partial charge in [-0.25, -0.2) is 13.1 Å². The summed E-state index contributed by atoms with van der Waals surface area (Å²) in [5.74, 6) is -1.06. The van der Waals surface area contributed by atoms with E-state index in [1.165, 1.54) is 18.2 Å². The molecule has 0 saturated heterocycles. The molecule has 0 unspecified atom stereocenters. The summed E-state index contributed by atoms with van der Waals surface area (Å²) in [5.41, 5.74) is 3.04. The number of sulfonamides is 1. The first-order valence-electron chi connectivity index (χ1n) is 10.3. The molecule has 1 amide bonds. The Morgan fingerprint density at radius 3 is 1.94 bits per heavy atom. The average Bonchev–Trinajstić information content (AvgIpc) is 2.84. The van der Waals surface area contributed by atoms with E-state index in [1.54, 1.807) is 60.7 Å². The van der Waals surface area contributed by atoms with Gasteiger partial charge in [-0.3, -0.25) is 9.59 Å². The smallest absolute Gasteiger partial charge is 0.265 e. The van der Waals surface area contributed by atoms with Gasteiger partial charge in [-0.15, -0.1) is 0 Å². The number of carbonyl (C=O) groups excluding carboxylic acids is 2. The van der Waals surface area contributed by atoms with E-state index in [2.05, 4.69) is 4.72 Å². The molecule has 0 aliphatic heterocycles. The van der Waals surface area contributed by atoms with Crippen molar-refractivity contribution in [2.45, 2.75) is 11.8 Å². The van der Waals surface area contributed by atoms with Crippen LogP contribution in [-0.2, 0) is 10.0 Å². The highest BCUT2D eigenvalue weighted by Gasteiger charge is 2.23. The highest BCUT2D eigenvalue weighted by atomic mass is 32.2. The lowest BCUT2D eigenvalue weighted by molar-refractivity contribution is 0.0981. The number of amides is 1. The minimum absolute atomic E-state index is 0.00386. The van der Waals surface area contributed by atoms with Crippen molar-refractivity contribution in [2.75, 3.05) is 0 Å². The fraction of sp³-hybridized carbons (Fsp3) is 0.0370. The number of hydrogen-bond acceptors (Lipinski definition) is 4. The third kappa shape index (κ3) is 4.76. The van der Waals surface area contributed by atoms with Gasteiger partial charge in [0.15, 0.2) is 5.78 Å². The van der Waals surface area contributed by atoms with Crippen molar-refractivity contribution in [3.63, 3.8) is 0 Å². The average molecular weight is 456 g/mol. The van der Waals surface area contributed by atoms with Crippen LogP contribution in [0, 0.1) is 6.92 Å². The lowest BCUT2D eigenvalue weighted by Gasteiger charge is -2.13. The number of benzene rings is 4. The molecule has 1 N–H and O–H groups in total. The van der Waals surface area contributed by atoms with Crippen molar-refractivity contribution in [3.05, 3.63) is 125 Å². The monoisotopic (exact) mass is 455 g/mol. The van der Waals surface area contributed by atoms with Crippen molar-refractivity contribution in [2.24, 2.45) is 0 Å². The van der Waals surface area contributed by atoms with E-state index < -0.39 is 15.9 Å². The number of aryl methyl sites for hydroxylation is 1. The second-order valence-electron chi connectivity index (χ2n) is 7.52. The SMILES string of the molecule is Cc1ccccc1-c1ccccc1S(=O)(=O)NC(=O)c1cccc(C(=O)c2ccccc2)c1. The van der Waals surface area contributed by atoms with Gasteiger partial charge in [-0.1, -0.05) is 84.9 Å². The van der Waals surface area contributed by atoms with Crippen LogP contribution in [-0.4, -0.2) is 20.1 Å². The van der Waals surface area contributed by atoms with Crippen molar-refractivity contribution in [3.8, 4) is 11.1 Å². The van der Waals surface area contributed by atoms with Crippen LogP contribution in [0.4, 0.5) is 0 Å². The van der Waals surface area contributed by atoms with Gasteiger partial charge in [-0.2, -0.15) is 0 Å². The molecule has 0 spiro atoms. The van der Waals surface area contributed by atoms with Crippen molar-refractivity contribution < 1.29 is 18.0 Å². The third-order valence-electron chi connectivity index (χ3n) is 5.26. The van der Waals surface area contributed by atoms with Crippen LogP contribution in [0.1, 0.15) is 31.8 Å². The van der Waals surface area contributed by atoms with E-state index in [0.29, 0.717) is 16.7 Å². The molecule has 6 heteroatoms. The van der Waals surface area contributed by atoms with E-state index in [1.807, 2.05) is 31.2 Å². The molecule has 0 atom stereocenters. The van der Waals surface area contributed by atoms with Crippen LogP contribution in [0.2, 0.25) is 0 Å². The molecular formula is C27H21NO4S. The van der Waals surface area contributed by atoms with Gasteiger partial charge in [0.1, 0.15) is 0 Å². The van der Waals surface area contributed by atoms with Crippen LogP contribution in [0.3, 0.4) is 0 Å². The second-order valence-corrected chi connectivity index (χ2v) is 9.17. The Kier molecular flexibility index (Phi) is 6.20. The molecule has 4 rings (SSSR count). The van der Waals surface area contributed by atoms with Gasteiger partial charge in [0, 0.05) is 22.3 Å². The predicted molar refractivity (Wildman–Crippen MR) is 128 cm³/mol. The lowest BCUT2D eigenvalue weighted by Crippen LogP contribution is -2.31. The fourth-order valence-electron chi connectivity index (χ4n) is 3.59. The maximum atomic E-state index is 13.2. The summed E-state index contributed by atoms with van der Waals surface area (Å²) in [7, 11) is -4.17. The maximum absolute atomic E-state index is 13.2. The Morgan fingerprint density at radius 2 is 1.21 bits per heavy atom. The van der Waals surface area contributed by atoms with Crippen molar-refractivity contribution in [1.82, 2.24) is 4.72 Å². The molecule has 0 heterocycles. The Hall–Kier alpha value is -4.03. The lowest BCUT2D eigenvalue weighted by atomic mass is 10.0. The molecule has 33 heavy (non-hydrogen) atoms. The fourth-order valence-corrected chi connectivity index (χ4v) is 4.79. The maximum Gasteiger partial charge on any atom is 0.265 e. The predicted octanol–water partition coefficient (Wildman–Crippen LogP) is 5.01. The van der Waals surface area contributed by atoms with E-state index in [4.69, 9.17) is 0 Å². The van der Waals surface area contributed by atoms with Gasteiger partial charge in [0.2, 0.25) is 0 Å². The number of nitrogens with one attached hydrogen (secondary N) is 1. The zero-order valence-electron chi connectivity index (χ0n) is 17.9. The molecule has 164 valence electrons. The highest BCUT2D eigenvalue weighted by molar-refractivity contribution is 7.90. The van der Waals surface area contributed by atoms with Gasteiger partial charge in [0.05, 0.1) is 4.90 Å². The summed E-state index contributed by atoms with van der Waals surface area (Å²) >= 11 is 0. The third-order valence-corrected chi connectivity index (χ3v) is 6.65. The summed E-state index contributed by atoms with van der Waals surface area (Å²) in [6.07, 6.45) is 0. The van der Waals surface area contributed by atoms with Crippen LogP contribution in [0.5, 0.6) is 0 Å². The first-order chi connectivity index (χ1) is 15.9. The molecule has 0 fully saturated rings. The minimum Gasteiger partial charge on any atom is -0.289 e. The van der Waals surface area contributed by atoms with Crippen LogP contribution >= 0.6 is 0 Å². The molecule has 0 saturated carbocycles. The molecule has 0 aliphatic carbocycles. The Bertz CT molecular complexity index is 1440. The Morgan fingerprint density at radius 1 is 0.636 bits per heavy atom. The summed E-state index contributed by atoms with van der Waals surface area (Å²) in [6, 6.07) is 28.7. The summed E-state index contributed by atoms with van der Waals surface area (Å²) < 4.78 is 28.5. The number of ketones is 1. The zero-order chi connectivity index (χ0) is 23.4. The number of rotatable bonds is 6. The molecule has 4 aromatic carbocycles. The standard InChI is InChI=1S/C27H21NO4S/c1-19-10-5-6-15-23(19)24-16-7-8-17-25(24)33(31,32)28-27(30)22-14-9-13-21(18-22)26(29)20-11-3-2-4-12-20/h2-18H,1H3,(H,28,30). The first-order valence-corrected chi connectivity index (χ1v) is 11.8. The first kappa shape index (κ1) is 22.2. The van der Waals surface area contributed by atoms with Crippen molar-refractivity contribution in [1.29, 1.82) is 0 Å². The Balaban J connectivity index is 1.64. The molecular weight excluding hydrogens is 434 g/mol. The van der Waals surface area contributed by atoms with E-state index >= 15 is 0 Å². The molecule has 0 radical (unpaired) electrons. The quantitative estimate of drug-likeness (QED) is 0.415. The number of carbonyl (C=O) groups is 2. The van der Waals surface area contributed by atoms with E-state index in [9.17, 15) is 18.0 Å². The molecule has 4 aromatic rings.